The topological polar surface area (TPSA) is 73.3 Å². The molecule has 0 bridgehead atoms. The number of piperidine rings is 1. The number of piperazine rings is 1. The van der Waals surface area contributed by atoms with Crippen LogP contribution in [0.15, 0.2) is 61.2 Å². The number of hydrogen-bond acceptors (Lipinski definition) is 6. The van der Waals surface area contributed by atoms with Crippen LogP contribution in [0.3, 0.4) is 0 Å². The van der Waals surface area contributed by atoms with Crippen LogP contribution in [0, 0.1) is 5.92 Å². The monoisotopic (exact) mass is 519 g/mol. The summed E-state index contributed by atoms with van der Waals surface area (Å²) in [4.78, 5) is 32.4. The van der Waals surface area contributed by atoms with Crippen molar-refractivity contribution in [3.05, 3.63) is 77.9 Å². The van der Waals surface area contributed by atoms with Gasteiger partial charge in [-0.25, -0.2) is 0 Å². The van der Waals surface area contributed by atoms with Crippen molar-refractivity contribution in [2.45, 2.75) is 51.7 Å². The van der Waals surface area contributed by atoms with Crippen LogP contribution in [0.25, 0.3) is 0 Å². The van der Waals surface area contributed by atoms with Gasteiger partial charge in [0.1, 0.15) is 5.75 Å². The minimum atomic E-state index is -0.160. The van der Waals surface area contributed by atoms with E-state index >= 15 is 0 Å². The third-order valence-electron chi connectivity index (χ3n) is 7.90. The maximum absolute atomic E-state index is 13.5. The van der Waals surface area contributed by atoms with Crippen LogP contribution < -0.4 is 0 Å². The number of phenolic OH excluding ortho intramolecular Hbond substituents is 1. The zero-order valence-corrected chi connectivity index (χ0v) is 22.9. The molecule has 1 unspecified atom stereocenters. The Balaban J connectivity index is 1.59. The van der Waals surface area contributed by atoms with Crippen LogP contribution in [0.2, 0.25) is 0 Å². The summed E-state index contributed by atoms with van der Waals surface area (Å²) in [6.45, 7) is 14.3. The van der Waals surface area contributed by atoms with E-state index in [0.717, 1.165) is 30.8 Å². The largest absolute Gasteiger partial charge is 0.508 e. The van der Waals surface area contributed by atoms with Gasteiger partial charge >= 0.3 is 5.97 Å². The highest BCUT2D eigenvalue weighted by Crippen LogP contribution is 2.35. The SMILES string of the molecule is C=CCN1C[C@H](C)N(C(c2cccc(O)c2)c2cccc(C(=O)N3CCC(C(=O)OCC)CC3)c2)C[C@H]1C. The first-order valence-electron chi connectivity index (χ1n) is 13.8. The van der Waals surface area contributed by atoms with Crippen molar-refractivity contribution in [1.29, 1.82) is 0 Å². The summed E-state index contributed by atoms with van der Waals surface area (Å²) in [5.41, 5.74) is 2.67. The van der Waals surface area contributed by atoms with Crippen molar-refractivity contribution in [3.63, 3.8) is 0 Å². The summed E-state index contributed by atoms with van der Waals surface area (Å²) < 4.78 is 5.18. The second-order valence-corrected chi connectivity index (χ2v) is 10.6. The predicted molar refractivity (Wildman–Crippen MR) is 149 cm³/mol. The first-order valence-corrected chi connectivity index (χ1v) is 13.8. The van der Waals surface area contributed by atoms with Gasteiger partial charge in [0.2, 0.25) is 0 Å². The normalized spacial score (nSPS) is 22.1. The molecule has 2 fully saturated rings. The molecule has 1 N–H and O–H groups in total. The minimum Gasteiger partial charge on any atom is -0.508 e. The molecule has 7 heteroatoms. The van der Waals surface area contributed by atoms with Gasteiger partial charge < -0.3 is 14.7 Å². The lowest BCUT2D eigenvalue weighted by Crippen LogP contribution is -2.57. The lowest BCUT2D eigenvalue weighted by atomic mass is 9.92. The molecule has 3 atom stereocenters. The molecule has 38 heavy (non-hydrogen) atoms. The van der Waals surface area contributed by atoms with E-state index in [1.165, 1.54) is 0 Å². The third kappa shape index (κ3) is 6.27. The quantitative estimate of drug-likeness (QED) is 0.410. The van der Waals surface area contributed by atoms with E-state index < -0.39 is 0 Å². The van der Waals surface area contributed by atoms with Gasteiger partial charge in [-0.05, 0) is 69.0 Å². The molecule has 0 aliphatic carbocycles. The highest BCUT2D eigenvalue weighted by Gasteiger charge is 2.35. The van der Waals surface area contributed by atoms with Gasteiger partial charge in [0.05, 0.1) is 18.6 Å². The first kappa shape index (κ1) is 27.9. The van der Waals surface area contributed by atoms with Crippen LogP contribution in [0.4, 0.5) is 0 Å². The number of ether oxygens (including phenoxy) is 1. The molecule has 2 aromatic rings. The van der Waals surface area contributed by atoms with Crippen LogP contribution >= 0.6 is 0 Å². The average Bonchev–Trinajstić information content (AvgIpc) is 2.92. The van der Waals surface area contributed by atoms with Gasteiger partial charge in [-0.3, -0.25) is 19.4 Å². The average molecular weight is 520 g/mol. The number of amides is 1. The smallest absolute Gasteiger partial charge is 0.309 e. The van der Waals surface area contributed by atoms with E-state index in [0.29, 0.717) is 44.1 Å². The molecule has 4 rings (SSSR count). The summed E-state index contributed by atoms with van der Waals surface area (Å²) in [5, 5.41) is 10.3. The van der Waals surface area contributed by atoms with Crippen molar-refractivity contribution in [1.82, 2.24) is 14.7 Å². The maximum atomic E-state index is 13.5. The van der Waals surface area contributed by atoms with Gasteiger partial charge in [0.15, 0.2) is 0 Å². The first-order chi connectivity index (χ1) is 18.3. The van der Waals surface area contributed by atoms with E-state index in [-0.39, 0.29) is 35.6 Å². The van der Waals surface area contributed by atoms with Gasteiger partial charge in [-0.15, -0.1) is 6.58 Å². The van der Waals surface area contributed by atoms with Gasteiger partial charge in [-0.2, -0.15) is 0 Å². The Labute approximate surface area is 226 Å². The molecule has 2 heterocycles. The summed E-state index contributed by atoms with van der Waals surface area (Å²) in [7, 11) is 0. The summed E-state index contributed by atoms with van der Waals surface area (Å²) in [5.74, 6) is -0.0768. The molecule has 2 aliphatic rings. The highest BCUT2D eigenvalue weighted by atomic mass is 16.5. The van der Waals surface area contributed by atoms with Crippen LogP contribution in [-0.2, 0) is 9.53 Å². The number of carbonyl (C=O) groups is 2. The molecule has 2 saturated heterocycles. The third-order valence-corrected chi connectivity index (χ3v) is 7.90. The Hall–Kier alpha value is -3.16. The number of aromatic hydroxyl groups is 1. The van der Waals surface area contributed by atoms with Crippen molar-refractivity contribution in [2.24, 2.45) is 5.92 Å². The Morgan fingerprint density at radius 1 is 1.05 bits per heavy atom. The predicted octanol–water partition coefficient (Wildman–Crippen LogP) is 4.48. The van der Waals surface area contributed by atoms with E-state index in [4.69, 9.17) is 4.74 Å². The molecule has 0 aromatic heterocycles. The molecule has 2 aromatic carbocycles. The number of likely N-dealkylation sites (tertiary alicyclic amines) is 1. The molecule has 204 valence electrons. The Kier molecular flexibility index (Phi) is 9.23. The molecule has 0 saturated carbocycles. The van der Waals surface area contributed by atoms with E-state index in [2.05, 4.69) is 36.3 Å². The van der Waals surface area contributed by atoms with Gasteiger partial charge in [0.25, 0.3) is 5.91 Å². The molecule has 0 spiro atoms. The highest BCUT2D eigenvalue weighted by molar-refractivity contribution is 5.94. The number of carbonyl (C=O) groups excluding carboxylic acids is 2. The Bertz CT molecular complexity index is 1130. The maximum Gasteiger partial charge on any atom is 0.309 e. The summed E-state index contributed by atoms with van der Waals surface area (Å²) in [6, 6.07) is 15.8. The lowest BCUT2D eigenvalue weighted by molar-refractivity contribution is -0.149. The fraction of sp³-hybridized carbons (Fsp3) is 0.484. The second-order valence-electron chi connectivity index (χ2n) is 10.6. The number of rotatable bonds is 8. The fourth-order valence-electron chi connectivity index (χ4n) is 5.88. The van der Waals surface area contributed by atoms with Crippen molar-refractivity contribution in [2.75, 3.05) is 39.3 Å². The Morgan fingerprint density at radius 3 is 2.39 bits per heavy atom. The van der Waals surface area contributed by atoms with Crippen LogP contribution in [0.1, 0.15) is 61.1 Å². The van der Waals surface area contributed by atoms with Gasteiger partial charge in [0, 0.05) is 50.4 Å². The standard InChI is InChI=1S/C31H41N3O4/c1-5-15-33-20-23(4)34(21-22(33)3)29(26-10-8-12-28(35)19-26)25-9-7-11-27(18-25)30(36)32-16-13-24(14-17-32)31(37)38-6-2/h5,7-12,18-19,22-24,29,35H,1,6,13-17,20-21H2,2-4H3/t22-,23+,29?/m1/s1. The summed E-state index contributed by atoms with van der Waals surface area (Å²) in [6.07, 6.45) is 3.21. The second kappa shape index (κ2) is 12.6. The molecule has 2 aliphatic heterocycles. The van der Waals surface area contributed by atoms with E-state index in [1.807, 2.05) is 54.3 Å². The van der Waals surface area contributed by atoms with Crippen LogP contribution in [-0.4, -0.2) is 83.1 Å². The number of benzene rings is 2. The molecular weight excluding hydrogens is 478 g/mol. The van der Waals surface area contributed by atoms with Crippen LogP contribution in [0.5, 0.6) is 5.75 Å². The zero-order valence-electron chi connectivity index (χ0n) is 22.9. The molecule has 0 radical (unpaired) electrons. The van der Waals surface area contributed by atoms with E-state index in [9.17, 15) is 14.7 Å². The molecule has 7 nitrogen and oxygen atoms in total. The van der Waals surface area contributed by atoms with Gasteiger partial charge in [-0.1, -0.05) is 30.3 Å². The molecular formula is C31H41N3O4. The van der Waals surface area contributed by atoms with Crippen molar-refractivity contribution >= 4 is 11.9 Å². The Morgan fingerprint density at radius 2 is 1.74 bits per heavy atom. The zero-order chi connectivity index (χ0) is 27.2. The van der Waals surface area contributed by atoms with E-state index in [1.54, 1.807) is 6.07 Å². The lowest BCUT2D eigenvalue weighted by Gasteiger charge is -2.47. The van der Waals surface area contributed by atoms with Crippen molar-refractivity contribution in [3.8, 4) is 5.75 Å². The molecule has 1 amide bonds. The fourth-order valence-corrected chi connectivity index (χ4v) is 5.88. The minimum absolute atomic E-state index is 0.0129. The number of nitrogens with zero attached hydrogens (tertiary/aromatic N) is 3. The summed E-state index contributed by atoms with van der Waals surface area (Å²) >= 11 is 0. The number of hydrogen-bond donors (Lipinski definition) is 1. The number of esters is 1. The number of phenols is 1. The van der Waals surface area contributed by atoms with Crippen molar-refractivity contribution < 1.29 is 19.4 Å².